The molecule has 0 radical (unpaired) electrons. The van der Waals surface area contributed by atoms with Gasteiger partial charge in [-0.1, -0.05) is 51.1 Å². The fourth-order valence-electron chi connectivity index (χ4n) is 10.1. The number of nitrogens with one attached hydrogen (secondary N) is 2. The highest BCUT2D eigenvalue weighted by Crippen LogP contribution is 2.55. The molecule has 1 aromatic heterocycles. The zero-order valence-electron chi connectivity index (χ0n) is 34.2. The van der Waals surface area contributed by atoms with E-state index in [9.17, 15) is 29.2 Å². The molecular formula is C46H48ClN7O6. The topological polar surface area (TPSA) is 165 Å². The summed E-state index contributed by atoms with van der Waals surface area (Å²) in [5.41, 5.74) is 1.53. The van der Waals surface area contributed by atoms with Crippen LogP contribution in [0.1, 0.15) is 108 Å². The number of amides is 5. The summed E-state index contributed by atoms with van der Waals surface area (Å²) >= 11 is 6.24. The summed E-state index contributed by atoms with van der Waals surface area (Å²) in [7, 11) is 0. The Labute approximate surface area is 354 Å². The van der Waals surface area contributed by atoms with E-state index < -0.39 is 29.7 Å². The molecule has 0 spiro atoms. The van der Waals surface area contributed by atoms with Gasteiger partial charge in [0.05, 0.1) is 21.7 Å². The second-order valence-corrected chi connectivity index (χ2v) is 18.1. The lowest BCUT2D eigenvalue weighted by Gasteiger charge is -2.63. The van der Waals surface area contributed by atoms with E-state index >= 15 is 0 Å². The van der Waals surface area contributed by atoms with Crippen molar-refractivity contribution in [2.45, 2.75) is 90.4 Å². The van der Waals surface area contributed by atoms with Gasteiger partial charge in [-0.3, -0.25) is 34.2 Å². The molecule has 5 aliphatic rings. The first kappa shape index (κ1) is 41.0. The summed E-state index contributed by atoms with van der Waals surface area (Å²) in [6.45, 7) is 11.8. The molecule has 5 amide bonds. The quantitative estimate of drug-likeness (QED) is 0.234. The van der Waals surface area contributed by atoms with Gasteiger partial charge in [0.2, 0.25) is 11.8 Å². The zero-order chi connectivity index (χ0) is 42.5. The Hall–Kier alpha value is -5.76. The Morgan fingerprint density at radius 1 is 0.900 bits per heavy atom. The third kappa shape index (κ3) is 7.61. The summed E-state index contributed by atoms with van der Waals surface area (Å²) in [5, 5.41) is 15.0. The number of benzene rings is 2. The van der Waals surface area contributed by atoms with E-state index in [0.29, 0.717) is 39.7 Å². The molecule has 3 saturated heterocycles. The maximum absolute atomic E-state index is 13.4. The van der Waals surface area contributed by atoms with Gasteiger partial charge in [0, 0.05) is 71.7 Å². The summed E-state index contributed by atoms with van der Waals surface area (Å²) < 4.78 is 6.37. The van der Waals surface area contributed by atoms with Crippen molar-refractivity contribution in [1.29, 1.82) is 5.26 Å². The molecule has 13 nitrogen and oxygen atoms in total. The Morgan fingerprint density at radius 2 is 1.58 bits per heavy atom. The number of rotatable bonds is 7. The maximum atomic E-state index is 13.4. The van der Waals surface area contributed by atoms with Crippen molar-refractivity contribution in [3.05, 3.63) is 87.6 Å². The number of pyridine rings is 1. The number of nitriles is 1. The number of piperidine rings is 3. The van der Waals surface area contributed by atoms with Crippen LogP contribution in [0.2, 0.25) is 5.02 Å². The van der Waals surface area contributed by atoms with Crippen LogP contribution in [0.3, 0.4) is 0 Å². The van der Waals surface area contributed by atoms with Crippen molar-refractivity contribution in [3.63, 3.8) is 0 Å². The number of halogens is 1. The van der Waals surface area contributed by atoms with Gasteiger partial charge in [-0.15, -0.1) is 0 Å². The average molecular weight is 830 g/mol. The van der Waals surface area contributed by atoms with Gasteiger partial charge < -0.3 is 19.9 Å². The van der Waals surface area contributed by atoms with Crippen LogP contribution < -0.4 is 20.3 Å². The number of carbonyl (C=O) groups is 5. The molecule has 1 saturated carbocycles. The molecule has 14 heteroatoms. The second kappa shape index (κ2) is 16.0. The van der Waals surface area contributed by atoms with Gasteiger partial charge in [-0.25, -0.2) is 4.98 Å². The second-order valence-electron chi connectivity index (χ2n) is 17.7. The molecule has 310 valence electrons. The predicted octanol–water partition coefficient (Wildman–Crippen LogP) is 5.35. The van der Waals surface area contributed by atoms with E-state index in [-0.39, 0.29) is 52.9 Å². The highest BCUT2D eigenvalue weighted by atomic mass is 35.5. The fourth-order valence-corrected chi connectivity index (χ4v) is 10.3. The van der Waals surface area contributed by atoms with E-state index in [2.05, 4.69) is 71.0 Å². The molecule has 3 aromatic rings. The minimum absolute atomic E-state index is 0.0737. The molecule has 1 atom stereocenters. The molecular weight excluding hydrogens is 782 g/mol. The van der Waals surface area contributed by atoms with Gasteiger partial charge >= 0.3 is 0 Å². The molecule has 2 aromatic carbocycles. The summed E-state index contributed by atoms with van der Waals surface area (Å²) in [6, 6.07) is 15.5. The molecule has 0 bridgehead atoms. The largest absolute Gasteiger partial charge is 0.489 e. The number of carbonyl (C=O) groups excluding carboxylic acids is 5. The lowest BCUT2D eigenvalue weighted by atomic mass is 9.49. The van der Waals surface area contributed by atoms with Crippen LogP contribution in [-0.2, 0) is 9.59 Å². The number of aromatic nitrogens is 1. The van der Waals surface area contributed by atoms with Crippen molar-refractivity contribution >= 4 is 47.0 Å². The number of fused-ring (bicyclic) bond motifs is 1. The number of hydrogen-bond acceptors (Lipinski definition) is 10. The zero-order valence-corrected chi connectivity index (χ0v) is 35.0. The summed E-state index contributed by atoms with van der Waals surface area (Å²) in [6.07, 6.45) is 5.29. The van der Waals surface area contributed by atoms with Crippen molar-refractivity contribution in [2.75, 3.05) is 31.1 Å². The number of anilines is 1. The summed E-state index contributed by atoms with van der Waals surface area (Å²) in [4.78, 5) is 74.1. The van der Waals surface area contributed by atoms with E-state index in [1.165, 1.54) is 6.20 Å². The van der Waals surface area contributed by atoms with Crippen LogP contribution in [0.25, 0.3) is 0 Å². The SMILES string of the molecule is CC1(C)C(NC(=O)c2ccc(C#CC3CCN(C4CCN(c5cc6c(cn5)C(=O)N(C5CCC(=O)NC5=O)C6=O)CC4)CC3)cc2)C(C)(C)C1Oc1ccc(C#N)c(Cl)c1. The van der Waals surface area contributed by atoms with Crippen molar-refractivity contribution in [1.82, 2.24) is 25.4 Å². The first-order valence-electron chi connectivity index (χ1n) is 20.6. The highest BCUT2D eigenvalue weighted by Gasteiger charge is 2.64. The van der Waals surface area contributed by atoms with Crippen molar-refractivity contribution < 1.29 is 28.7 Å². The van der Waals surface area contributed by atoms with Gasteiger partial charge in [0.25, 0.3) is 17.7 Å². The van der Waals surface area contributed by atoms with Crippen LogP contribution in [0.15, 0.2) is 54.7 Å². The number of likely N-dealkylation sites (tertiary alicyclic amines) is 1. The van der Waals surface area contributed by atoms with Crippen molar-refractivity contribution in [2.24, 2.45) is 16.7 Å². The van der Waals surface area contributed by atoms with Crippen LogP contribution in [-0.4, -0.2) is 94.7 Å². The number of hydrogen-bond donors (Lipinski definition) is 2. The Bertz CT molecular complexity index is 2350. The van der Waals surface area contributed by atoms with Crippen LogP contribution in [0, 0.1) is 39.9 Å². The molecule has 8 rings (SSSR count). The van der Waals surface area contributed by atoms with E-state index in [4.69, 9.17) is 16.3 Å². The standard InChI is InChI=1S/C46H48ClN7O6/c1-45(2)43(46(3,4)44(45)60-32-12-11-30(25-48)35(47)23-32)51-39(56)29-9-7-27(8-10-29)5-6-28-15-19-52(20-16-28)31-17-21-53(22-18-31)37-24-33-34(26-49-37)42(59)54(41(33)58)36-13-14-38(55)50-40(36)57/h7-12,23-24,26,28,31,36,43-44H,13-22H2,1-4H3,(H,51,56)(H,50,55,57). The predicted molar refractivity (Wildman–Crippen MR) is 223 cm³/mol. The molecule has 5 heterocycles. The van der Waals surface area contributed by atoms with E-state index in [1.807, 2.05) is 24.3 Å². The van der Waals surface area contributed by atoms with Crippen LogP contribution >= 0.6 is 11.6 Å². The van der Waals surface area contributed by atoms with Gasteiger partial charge in [0.15, 0.2) is 0 Å². The average Bonchev–Trinajstić information content (AvgIpc) is 3.49. The number of ether oxygens (including phenoxy) is 1. The first-order chi connectivity index (χ1) is 28.6. The summed E-state index contributed by atoms with van der Waals surface area (Å²) in [5.74, 6) is 6.07. The lowest BCUT2D eigenvalue weighted by molar-refractivity contribution is -0.164. The third-order valence-corrected chi connectivity index (χ3v) is 13.5. The Morgan fingerprint density at radius 3 is 2.23 bits per heavy atom. The Kier molecular flexibility index (Phi) is 10.9. The molecule has 60 heavy (non-hydrogen) atoms. The van der Waals surface area contributed by atoms with Gasteiger partial charge in [-0.2, -0.15) is 5.26 Å². The van der Waals surface area contributed by atoms with Gasteiger partial charge in [0.1, 0.15) is 29.8 Å². The molecule has 1 aliphatic carbocycles. The normalized spacial score (nSPS) is 24.1. The van der Waals surface area contributed by atoms with Gasteiger partial charge in [-0.05, 0) is 87.7 Å². The van der Waals surface area contributed by atoms with Crippen molar-refractivity contribution in [3.8, 4) is 23.7 Å². The molecule has 4 fully saturated rings. The van der Waals surface area contributed by atoms with Crippen LogP contribution in [0.5, 0.6) is 5.75 Å². The minimum Gasteiger partial charge on any atom is -0.489 e. The molecule has 1 unspecified atom stereocenters. The first-order valence-corrected chi connectivity index (χ1v) is 21.0. The molecule has 4 aliphatic heterocycles. The fraction of sp³-hybridized carbons (Fsp3) is 0.457. The monoisotopic (exact) mass is 829 g/mol. The maximum Gasteiger partial charge on any atom is 0.263 e. The molecule has 2 N–H and O–H groups in total. The Balaban J connectivity index is 0.794. The van der Waals surface area contributed by atoms with E-state index in [1.54, 1.807) is 24.3 Å². The third-order valence-electron chi connectivity index (χ3n) is 13.1. The smallest absolute Gasteiger partial charge is 0.263 e. The number of nitrogens with zero attached hydrogens (tertiary/aromatic N) is 5. The van der Waals surface area contributed by atoms with Crippen LogP contribution in [0.4, 0.5) is 5.82 Å². The highest BCUT2D eigenvalue weighted by molar-refractivity contribution is 6.31. The lowest BCUT2D eigenvalue weighted by Crippen LogP contribution is -2.74. The minimum atomic E-state index is -1.00. The number of imide groups is 2. The van der Waals surface area contributed by atoms with E-state index in [0.717, 1.165) is 62.3 Å².